The maximum Gasteiger partial charge on any atom is 0.270 e. The molecule has 0 aliphatic carbocycles. The highest BCUT2D eigenvalue weighted by molar-refractivity contribution is 7.18. The van der Waals surface area contributed by atoms with Crippen molar-refractivity contribution in [3.05, 3.63) is 64.3 Å². The van der Waals surface area contributed by atoms with Crippen molar-refractivity contribution in [2.45, 2.75) is 6.54 Å². The number of piperazine rings is 1. The third kappa shape index (κ3) is 4.45. The Bertz CT molecular complexity index is 1030. The molecule has 1 saturated heterocycles. The number of non-ortho nitro benzene ring substituents is 1. The Balaban J connectivity index is 1.51. The van der Waals surface area contributed by atoms with Gasteiger partial charge in [-0.25, -0.2) is 4.98 Å². The van der Waals surface area contributed by atoms with Crippen molar-refractivity contribution < 1.29 is 10.0 Å². The summed E-state index contributed by atoms with van der Waals surface area (Å²) in [5.41, 5.74) is 2.57. The molecule has 1 aliphatic rings. The second kappa shape index (κ2) is 8.28. The molecule has 0 bridgehead atoms. The lowest BCUT2D eigenvalue weighted by atomic mass is 10.1. The van der Waals surface area contributed by atoms with Gasteiger partial charge in [0.25, 0.3) is 5.69 Å². The summed E-state index contributed by atoms with van der Waals surface area (Å²) in [5, 5.41) is 22.2. The van der Waals surface area contributed by atoms with E-state index in [1.807, 2.05) is 18.2 Å². The van der Waals surface area contributed by atoms with Gasteiger partial charge >= 0.3 is 0 Å². The Morgan fingerprint density at radius 1 is 1.14 bits per heavy atom. The summed E-state index contributed by atoms with van der Waals surface area (Å²) in [5.74, 6) is 0.284. The van der Waals surface area contributed by atoms with Gasteiger partial charge in [-0.05, 0) is 18.7 Å². The van der Waals surface area contributed by atoms with E-state index in [-0.39, 0.29) is 11.4 Å². The van der Waals surface area contributed by atoms with E-state index in [0.717, 1.165) is 48.7 Å². The predicted molar refractivity (Wildman–Crippen MR) is 114 cm³/mol. The molecule has 0 unspecified atom stereocenters. The molecule has 1 N–H and O–H groups in total. The van der Waals surface area contributed by atoms with E-state index in [1.165, 1.54) is 23.5 Å². The van der Waals surface area contributed by atoms with Crippen LogP contribution in [0.15, 0.2) is 48.7 Å². The molecule has 0 radical (unpaired) electrons. The second-order valence-electron chi connectivity index (χ2n) is 7.26. The molecule has 0 amide bonds. The molecule has 8 heteroatoms. The van der Waals surface area contributed by atoms with Crippen LogP contribution in [-0.2, 0) is 6.54 Å². The van der Waals surface area contributed by atoms with Gasteiger partial charge < -0.3 is 10.0 Å². The Kier molecular flexibility index (Phi) is 5.57. The fourth-order valence-corrected chi connectivity index (χ4v) is 4.30. The van der Waals surface area contributed by atoms with Crippen molar-refractivity contribution in [1.29, 1.82) is 0 Å². The summed E-state index contributed by atoms with van der Waals surface area (Å²) in [6.07, 6.45) is 1.74. The van der Waals surface area contributed by atoms with E-state index in [9.17, 15) is 15.2 Å². The molecule has 1 aliphatic heterocycles. The quantitative estimate of drug-likeness (QED) is 0.508. The van der Waals surface area contributed by atoms with Crippen molar-refractivity contribution in [3.8, 4) is 26.8 Å². The number of aromatic nitrogens is 1. The van der Waals surface area contributed by atoms with Crippen molar-refractivity contribution in [1.82, 2.24) is 14.8 Å². The molecule has 2 aromatic carbocycles. The van der Waals surface area contributed by atoms with E-state index < -0.39 is 4.92 Å². The molecule has 0 spiro atoms. The molecule has 150 valence electrons. The predicted octanol–water partition coefficient (Wildman–Crippen LogP) is 3.84. The molecular formula is C21H22N4O3S. The number of rotatable bonds is 5. The van der Waals surface area contributed by atoms with Crippen molar-refractivity contribution >= 4 is 17.0 Å². The summed E-state index contributed by atoms with van der Waals surface area (Å²) >= 11 is 1.45. The van der Waals surface area contributed by atoms with Gasteiger partial charge in [0.05, 0.1) is 9.80 Å². The maximum atomic E-state index is 11.0. The highest BCUT2D eigenvalue weighted by atomic mass is 32.1. The number of phenols is 1. The summed E-state index contributed by atoms with van der Waals surface area (Å²) < 4.78 is 0. The van der Waals surface area contributed by atoms with Gasteiger partial charge in [0.2, 0.25) is 0 Å². The number of nitro benzene ring substituents is 1. The lowest BCUT2D eigenvalue weighted by Gasteiger charge is -2.32. The standard InChI is InChI=1S/C21H22N4O3S/c1-23-7-9-24(10-8-23)14-17-6-5-15(12-19(17)26)20-13-22-21(29-20)16-3-2-4-18(11-16)25(27)28/h2-6,11-13,26H,7-10,14H2,1H3. The van der Waals surface area contributed by atoms with Crippen LogP contribution in [-0.4, -0.2) is 58.0 Å². The largest absolute Gasteiger partial charge is 0.508 e. The average molecular weight is 410 g/mol. The van der Waals surface area contributed by atoms with Gasteiger partial charge in [-0.1, -0.05) is 24.3 Å². The first-order chi connectivity index (χ1) is 14.0. The van der Waals surface area contributed by atoms with Crippen LogP contribution in [0.4, 0.5) is 5.69 Å². The highest BCUT2D eigenvalue weighted by Gasteiger charge is 2.16. The molecule has 2 heterocycles. The number of hydrogen-bond donors (Lipinski definition) is 1. The Morgan fingerprint density at radius 3 is 2.66 bits per heavy atom. The van der Waals surface area contributed by atoms with Crippen LogP contribution in [0, 0.1) is 10.1 Å². The van der Waals surface area contributed by atoms with Gasteiger partial charge in [0.1, 0.15) is 10.8 Å². The molecule has 1 aromatic heterocycles. The number of nitrogens with zero attached hydrogens (tertiary/aromatic N) is 4. The lowest BCUT2D eigenvalue weighted by Crippen LogP contribution is -2.43. The molecule has 0 atom stereocenters. The Labute approximate surface area is 173 Å². The monoisotopic (exact) mass is 410 g/mol. The van der Waals surface area contributed by atoms with E-state index >= 15 is 0 Å². The second-order valence-corrected chi connectivity index (χ2v) is 8.29. The lowest BCUT2D eigenvalue weighted by molar-refractivity contribution is -0.384. The van der Waals surface area contributed by atoms with Crippen LogP contribution in [0.5, 0.6) is 5.75 Å². The number of likely N-dealkylation sites (N-methyl/N-ethyl adjacent to an activating group) is 1. The maximum absolute atomic E-state index is 11.0. The van der Waals surface area contributed by atoms with E-state index in [4.69, 9.17) is 0 Å². The van der Waals surface area contributed by atoms with Gasteiger partial charge in [-0.15, -0.1) is 11.3 Å². The minimum atomic E-state index is -0.408. The minimum absolute atomic E-state index is 0.0464. The zero-order valence-electron chi connectivity index (χ0n) is 16.1. The van der Waals surface area contributed by atoms with Gasteiger partial charge in [-0.3, -0.25) is 15.0 Å². The molecule has 29 heavy (non-hydrogen) atoms. The number of nitro groups is 1. The Morgan fingerprint density at radius 2 is 1.93 bits per heavy atom. The summed E-state index contributed by atoms with van der Waals surface area (Å²) in [6, 6.07) is 12.2. The molecule has 1 fully saturated rings. The zero-order valence-corrected chi connectivity index (χ0v) is 16.9. The van der Waals surface area contributed by atoms with Gasteiger partial charge in [0, 0.05) is 62.2 Å². The highest BCUT2D eigenvalue weighted by Crippen LogP contribution is 2.35. The topological polar surface area (TPSA) is 82.7 Å². The molecular weight excluding hydrogens is 388 g/mol. The van der Waals surface area contributed by atoms with Crippen LogP contribution in [0.25, 0.3) is 21.0 Å². The Hall–Kier alpha value is -2.81. The first-order valence-corrected chi connectivity index (χ1v) is 10.2. The summed E-state index contributed by atoms with van der Waals surface area (Å²) in [4.78, 5) is 20.6. The van der Waals surface area contributed by atoms with Crippen LogP contribution in [0.3, 0.4) is 0 Å². The van der Waals surface area contributed by atoms with Crippen LogP contribution in [0.1, 0.15) is 5.56 Å². The van der Waals surface area contributed by atoms with Gasteiger partial charge in [0.15, 0.2) is 0 Å². The van der Waals surface area contributed by atoms with Crippen molar-refractivity contribution in [2.75, 3.05) is 33.2 Å². The molecule has 7 nitrogen and oxygen atoms in total. The number of benzene rings is 2. The van der Waals surface area contributed by atoms with E-state index in [0.29, 0.717) is 10.6 Å². The number of phenolic OH excluding ortho intramolecular Hbond substituents is 1. The zero-order chi connectivity index (χ0) is 20.4. The van der Waals surface area contributed by atoms with Crippen LogP contribution < -0.4 is 0 Å². The third-order valence-corrected chi connectivity index (χ3v) is 6.26. The third-order valence-electron chi connectivity index (χ3n) is 5.17. The fourth-order valence-electron chi connectivity index (χ4n) is 3.39. The van der Waals surface area contributed by atoms with Crippen LogP contribution in [0.2, 0.25) is 0 Å². The van der Waals surface area contributed by atoms with E-state index in [2.05, 4.69) is 21.8 Å². The minimum Gasteiger partial charge on any atom is -0.508 e. The molecule has 0 saturated carbocycles. The molecule has 3 aromatic rings. The summed E-state index contributed by atoms with van der Waals surface area (Å²) in [7, 11) is 2.13. The first-order valence-electron chi connectivity index (χ1n) is 9.43. The summed E-state index contributed by atoms with van der Waals surface area (Å²) in [6.45, 7) is 4.82. The van der Waals surface area contributed by atoms with E-state index in [1.54, 1.807) is 18.3 Å². The van der Waals surface area contributed by atoms with Crippen molar-refractivity contribution in [2.24, 2.45) is 0 Å². The van der Waals surface area contributed by atoms with Crippen molar-refractivity contribution in [3.63, 3.8) is 0 Å². The average Bonchev–Trinajstić information content (AvgIpc) is 3.21. The smallest absolute Gasteiger partial charge is 0.270 e. The normalized spacial score (nSPS) is 15.5. The first kappa shape index (κ1) is 19.5. The van der Waals surface area contributed by atoms with Gasteiger partial charge in [-0.2, -0.15) is 0 Å². The SMILES string of the molecule is CN1CCN(Cc2ccc(-c3cnc(-c4cccc([N+](=O)[O-])c4)s3)cc2O)CC1. The number of hydrogen-bond acceptors (Lipinski definition) is 7. The van der Waals surface area contributed by atoms with Crippen LogP contribution >= 0.6 is 11.3 Å². The number of thiazole rings is 1. The number of aromatic hydroxyl groups is 1. The molecule has 4 rings (SSSR count). The fraction of sp³-hybridized carbons (Fsp3) is 0.286.